The van der Waals surface area contributed by atoms with Gasteiger partial charge in [0.15, 0.2) is 17.5 Å². The van der Waals surface area contributed by atoms with Crippen LogP contribution in [0.5, 0.6) is 0 Å². The lowest BCUT2D eigenvalue weighted by molar-refractivity contribution is 0.200. The zero-order valence-electron chi connectivity index (χ0n) is 21.3. The molecule has 0 saturated carbocycles. The minimum atomic E-state index is -0.436. The number of likely N-dealkylation sites (tertiary alicyclic amines) is 1. The minimum Gasteiger partial charge on any atom is -0.396 e. The van der Waals surface area contributed by atoms with E-state index in [1.807, 2.05) is 26.0 Å². The van der Waals surface area contributed by atoms with Gasteiger partial charge >= 0.3 is 0 Å². The second-order valence-electron chi connectivity index (χ2n) is 9.77. The highest BCUT2D eigenvalue weighted by atomic mass is 19.1. The number of hydrogen-bond acceptors (Lipinski definition) is 8. The molecule has 0 unspecified atom stereocenters. The number of piperidine rings is 1. The third kappa shape index (κ3) is 4.91. The number of pyridine rings is 1. The molecule has 0 atom stereocenters. The van der Waals surface area contributed by atoms with Crippen LogP contribution in [0.4, 0.5) is 21.7 Å². The fourth-order valence-corrected chi connectivity index (χ4v) is 4.89. The summed E-state index contributed by atoms with van der Waals surface area (Å²) in [5.74, 6) is 2.23. The van der Waals surface area contributed by atoms with Crippen LogP contribution >= 0.6 is 0 Å². The molecule has 4 N–H and O–H groups in total. The van der Waals surface area contributed by atoms with Crippen molar-refractivity contribution in [2.75, 3.05) is 24.1 Å². The molecule has 0 spiro atoms. The van der Waals surface area contributed by atoms with Crippen molar-refractivity contribution in [2.24, 2.45) is 0 Å². The molecule has 0 radical (unpaired) electrons. The molecule has 0 aliphatic carbocycles. The lowest BCUT2D eigenvalue weighted by Gasteiger charge is -2.41. The number of rotatable bonds is 7. The number of hydrogen-bond donors (Lipinski definition) is 3. The first-order chi connectivity index (χ1) is 17.7. The maximum absolute atomic E-state index is 14.7. The van der Waals surface area contributed by atoms with Crippen LogP contribution in [0.25, 0.3) is 5.70 Å². The molecule has 4 heterocycles. The normalized spacial score (nSPS) is 15.1. The van der Waals surface area contributed by atoms with Crippen molar-refractivity contribution in [3.05, 3.63) is 83.0 Å². The number of anilines is 3. The van der Waals surface area contributed by atoms with Crippen LogP contribution in [0.2, 0.25) is 0 Å². The molecule has 4 aromatic rings. The molecule has 1 aliphatic rings. The summed E-state index contributed by atoms with van der Waals surface area (Å²) in [6, 6.07) is 11.0. The summed E-state index contributed by atoms with van der Waals surface area (Å²) in [6.07, 6.45) is 2.09. The van der Waals surface area contributed by atoms with Gasteiger partial charge in [-0.2, -0.15) is 10.1 Å². The van der Waals surface area contributed by atoms with Crippen molar-refractivity contribution in [3.63, 3.8) is 0 Å². The molecule has 0 amide bonds. The number of aromatic amines is 1. The predicted octanol–water partition coefficient (Wildman–Crippen LogP) is 4.83. The van der Waals surface area contributed by atoms with Crippen LogP contribution in [-0.4, -0.2) is 43.3 Å². The first-order valence-electron chi connectivity index (χ1n) is 12.3. The number of nitrogen functional groups attached to an aromatic ring is 1. The smallest absolute Gasteiger partial charge is 0.223 e. The minimum absolute atomic E-state index is 0.118. The third-order valence-electron chi connectivity index (χ3n) is 7.07. The van der Waals surface area contributed by atoms with Gasteiger partial charge in [-0.25, -0.2) is 9.37 Å². The molecule has 10 heteroatoms. The highest BCUT2D eigenvalue weighted by Crippen LogP contribution is 2.39. The molecule has 5 rings (SSSR count). The Morgan fingerprint density at radius 2 is 1.97 bits per heavy atom. The number of aryl methyl sites for hydroxylation is 3. The second kappa shape index (κ2) is 9.68. The van der Waals surface area contributed by atoms with Gasteiger partial charge < -0.3 is 20.5 Å². The average molecular weight is 503 g/mol. The molecule has 192 valence electrons. The van der Waals surface area contributed by atoms with E-state index in [1.165, 1.54) is 0 Å². The van der Waals surface area contributed by atoms with E-state index in [2.05, 4.69) is 43.2 Å². The topological polar surface area (TPSA) is 122 Å². The van der Waals surface area contributed by atoms with Gasteiger partial charge in [-0.3, -0.25) is 5.10 Å². The summed E-state index contributed by atoms with van der Waals surface area (Å²) in [5.41, 5.74) is 9.47. The van der Waals surface area contributed by atoms with Crippen LogP contribution < -0.4 is 11.1 Å². The molecule has 9 nitrogen and oxygen atoms in total. The fraction of sp³-hybridized carbons (Fsp3) is 0.333. The zero-order valence-corrected chi connectivity index (χ0v) is 21.3. The lowest BCUT2D eigenvalue weighted by Crippen LogP contribution is -2.44. The molecular formula is C27H31FN8O. The van der Waals surface area contributed by atoms with Crippen LogP contribution in [0.15, 0.2) is 47.5 Å². The largest absolute Gasteiger partial charge is 0.396 e. The van der Waals surface area contributed by atoms with Crippen molar-refractivity contribution in [2.45, 2.75) is 45.4 Å². The van der Waals surface area contributed by atoms with Gasteiger partial charge in [0.1, 0.15) is 5.82 Å². The summed E-state index contributed by atoms with van der Waals surface area (Å²) in [4.78, 5) is 11.6. The molecule has 0 bridgehead atoms. The van der Waals surface area contributed by atoms with Crippen LogP contribution in [-0.2, 0) is 11.8 Å². The standard InChI is InChI=1S/C27H31FN8O/c1-16-8-9-20(31-25(16)32-23-14-17(2)33-34-23)15-27(26-30-19(4)37-35-26)10-12-36(13-11-27)18(3)21-6-5-7-22(29)24(21)28/h5-9,14H,3,10-13,15,29H2,1-2,4H3,(H2,31,32,33,34). The summed E-state index contributed by atoms with van der Waals surface area (Å²) in [5, 5.41) is 14.8. The highest BCUT2D eigenvalue weighted by Gasteiger charge is 2.41. The van der Waals surface area contributed by atoms with Gasteiger partial charge in [0.05, 0.1) is 5.69 Å². The number of benzene rings is 1. The second-order valence-corrected chi connectivity index (χ2v) is 9.77. The van der Waals surface area contributed by atoms with E-state index < -0.39 is 5.82 Å². The zero-order chi connectivity index (χ0) is 26.2. The van der Waals surface area contributed by atoms with Crippen molar-refractivity contribution in [1.82, 2.24) is 30.2 Å². The third-order valence-corrected chi connectivity index (χ3v) is 7.07. The van der Waals surface area contributed by atoms with E-state index in [1.54, 1.807) is 25.1 Å². The summed E-state index contributed by atoms with van der Waals surface area (Å²) in [6.45, 7) is 11.2. The Hall–Kier alpha value is -4.21. The first kappa shape index (κ1) is 24.5. The summed E-state index contributed by atoms with van der Waals surface area (Å²) < 4.78 is 20.1. The number of nitrogens with two attached hydrogens (primary N) is 1. The summed E-state index contributed by atoms with van der Waals surface area (Å²) >= 11 is 0. The average Bonchev–Trinajstić information content (AvgIpc) is 3.51. The maximum Gasteiger partial charge on any atom is 0.223 e. The molecule has 1 fully saturated rings. The summed E-state index contributed by atoms with van der Waals surface area (Å²) in [7, 11) is 0. The quantitative estimate of drug-likeness (QED) is 0.307. The van der Waals surface area contributed by atoms with Gasteiger partial charge in [0.25, 0.3) is 0 Å². The van der Waals surface area contributed by atoms with E-state index in [9.17, 15) is 4.39 Å². The highest BCUT2D eigenvalue weighted by molar-refractivity contribution is 5.66. The molecule has 1 aromatic carbocycles. The van der Waals surface area contributed by atoms with Crippen molar-refractivity contribution >= 4 is 23.0 Å². The number of nitrogens with zero attached hydrogens (tertiary/aromatic N) is 5. The lowest BCUT2D eigenvalue weighted by atomic mass is 9.73. The number of H-pyrrole nitrogens is 1. The van der Waals surface area contributed by atoms with Gasteiger partial charge in [-0.1, -0.05) is 23.9 Å². The van der Waals surface area contributed by atoms with E-state index >= 15 is 0 Å². The Kier molecular flexibility index (Phi) is 6.41. The Morgan fingerprint density at radius 3 is 2.65 bits per heavy atom. The van der Waals surface area contributed by atoms with Crippen molar-refractivity contribution < 1.29 is 8.91 Å². The van der Waals surface area contributed by atoms with E-state index in [0.717, 1.165) is 35.6 Å². The number of nitrogens with one attached hydrogen (secondary N) is 2. The van der Waals surface area contributed by atoms with Crippen LogP contribution in [0, 0.1) is 26.6 Å². The van der Waals surface area contributed by atoms with Crippen molar-refractivity contribution in [1.29, 1.82) is 0 Å². The Balaban J connectivity index is 1.39. The van der Waals surface area contributed by atoms with Gasteiger partial charge in [0.2, 0.25) is 5.89 Å². The molecule has 1 saturated heterocycles. The molecular weight excluding hydrogens is 471 g/mol. The maximum atomic E-state index is 14.7. The van der Waals surface area contributed by atoms with Crippen LogP contribution in [0.3, 0.4) is 0 Å². The monoisotopic (exact) mass is 502 g/mol. The van der Waals surface area contributed by atoms with E-state index in [-0.39, 0.29) is 11.1 Å². The molecule has 37 heavy (non-hydrogen) atoms. The van der Waals surface area contributed by atoms with Crippen molar-refractivity contribution in [3.8, 4) is 0 Å². The Labute approximate surface area is 215 Å². The van der Waals surface area contributed by atoms with Crippen LogP contribution in [0.1, 0.15) is 47.1 Å². The van der Waals surface area contributed by atoms with E-state index in [4.69, 9.17) is 15.2 Å². The predicted molar refractivity (Wildman–Crippen MR) is 141 cm³/mol. The molecule has 3 aromatic heterocycles. The van der Waals surface area contributed by atoms with Gasteiger partial charge in [-0.15, -0.1) is 0 Å². The van der Waals surface area contributed by atoms with Gasteiger partial charge in [0, 0.05) is 60.6 Å². The molecule has 1 aliphatic heterocycles. The fourth-order valence-electron chi connectivity index (χ4n) is 4.89. The van der Waals surface area contributed by atoms with Gasteiger partial charge in [-0.05, 0) is 50.5 Å². The first-order valence-corrected chi connectivity index (χ1v) is 12.3. The number of aromatic nitrogens is 5. The number of halogens is 1. The Bertz CT molecular complexity index is 1430. The Morgan fingerprint density at radius 1 is 1.19 bits per heavy atom. The van der Waals surface area contributed by atoms with E-state index in [0.29, 0.717) is 48.3 Å². The SMILES string of the molecule is C=C(c1cccc(N)c1F)N1CCC(Cc2ccc(C)c(Nc3cc(C)[nH]n3)n2)(c2noc(C)n2)CC1.